The highest BCUT2D eigenvalue weighted by Crippen LogP contribution is 2.31. The molecular formula is C22H25N3OS2. The van der Waals surface area contributed by atoms with E-state index in [0.717, 1.165) is 27.0 Å². The molecule has 2 heterocycles. The first kappa shape index (κ1) is 19.2. The number of thiazole rings is 1. The lowest BCUT2D eigenvalue weighted by atomic mass is 9.95. The van der Waals surface area contributed by atoms with Crippen LogP contribution in [0.25, 0.3) is 11.3 Å². The van der Waals surface area contributed by atoms with Crippen LogP contribution < -0.4 is 10.2 Å². The molecule has 0 saturated heterocycles. The van der Waals surface area contributed by atoms with Gasteiger partial charge in [0.15, 0.2) is 5.13 Å². The quantitative estimate of drug-likeness (QED) is 0.556. The Morgan fingerprint density at radius 1 is 1.14 bits per heavy atom. The number of benzene rings is 1. The Hall–Kier alpha value is -2.18. The maximum atomic E-state index is 12.1. The number of amides is 1. The van der Waals surface area contributed by atoms with Gasteiger partial charge in [0.2, 0.25) is 5.91 Å². The van der Waals surface area contributed by atoms with Gasteiger partial charge < -0.3 is 10.2 Å². The normalized spacial score (nSPS) is 14.8. The highest BCUT2D eigenvalue weighted by molar-refractivity contribution is 7.14. The van der Waals surface area contributed by atoms with Crippen molar-refractivity contribution in [2.24, 2.45) is 0 Å². The summed E-state index contributed by atoms with van der Waals surface area (Å²) in [7, 11) is 2.17. The molecule has 28 heavy (non-hydrogen) atoms. The van der Waals surface area contributed by atoms with E-state index in [-0.39, 0.29) is 5.91 Å². The summed E-state index contributed by atoms with van der Waals surface area (Å²) in [6.07, 6.45) is 6.97. The van der Waals surface area contributed by atoms with Crippen molar-refractivity contribution in [1.29, 1.82) is 0 Å². The number of carbonyl (C=O) groups excluding carboxylic acids is 1. The summed E-state index contributed by atoms with van der Waals surface area (Å²) < 4.78 is 0. The van der Waals surface area contributed by atoms with Gasteiger partial charge in [0.1, 0.15) is 0 Å². The van der Waals surface area contributed by atoms with Crippen LogP contribution in [0.3, 0.4) is 0 Å². The van der Waals surface area contributed by atoms with E-state index in [2.05, 4.69) is 22.6 Å². The Bertz CT molecular complexity index is 896. The molecule has 1 saturated carbocycles. The van der Waals surface area contributed by atoms with Crippen LogP contribution in [0.2, 0.25) is 0 Å². The molecule has 0 bridgehead atoms. The van der Waals surface area contributed by atoms with Crippen molar-refractivity contribution in [3.05, 3.63) is 52.0 Å². The molecular weight excluding hydrogens is 386 g/mol. The van der Waals surface area contributed by atoms with Gasteiger partial charge in [-0.2, -0.15) is 0 Å². The van der Waals surface area contributed by atoms with Gasteiger partial charge in [-0.1, -0.05) is 37.5 Å². The SMILES string of the molecule is CN(c1nc(-c2ccc(NC(=O)Cc3cccs3)cc2)cs1)C1CCCCC1. The molecule has 0 aliphatic heterocycles. The summed E-state index contributed by atoms with van der Waals surface area (Å²) in [6.45, 7) is 0. The third kappa shape index (κ3) is 4.62. The summed E-state index contributed by atoms with van der Waals surface area (Å²) in [5, 5.41) is 8.18. The first-order valence-electron chi connectivity index (χ1n) is 9.80. The Labute approximate surface area is 174 Å². The highest BCUT2D eigenvalue weighted by Gasteiger charge is 2.20. The number of nitrogens with zero attached hydrogens (tertiary/aromatic N) is 2. The molecule has 1 aliphatic rings. The number of nitrogens with one attached hydrogen (secondary N) is 1. The lowest BCUT2D eigenvalue weighted by Crippen LogP contribution is -2.33. The highest BCUT2D eigenvalue weighted by atomic mass is 32.1. The molecule has 0 spiro atoms. The fourth-order valence-electron chi connectivity index (χ4n) is 3.68. The average Bonchev–Trinajstić information content (AvgIpc) is 3.41. The van der Waals surface area contributed by atoms with E-state index >= 15 is 0 Å². The number of thiophene rings is 1. The van der Waals surface area contributed by atoms with Crippen molar-refractivity contribution >= 4 is 39.4 Å². The van der Waals surface area contributed by atoms with Gasteiger partial charge in [0.25, 0.3) is 0 Å². The van der Waals surface area contributed by atoms with Gasteiger partial charge in [-0.05, 0) is 36.4 Å². The summed E-state index contributed by atoms with van der Waals surface area (Å²) in [5.74, 6) is 0.0141. The molecule has 0 unspecified atom stereocenters. The molecule has 6 heteroatoms. The first-order chi connectivity index (χ1) is 13.7. The van der Waals surface area contributed by atoms with Crippen molar-refractivity contribution in [1.82, 2.24) is 4.98 Å². The van der Waals surface area contributed by atoms with Gasteiger partial charge in [-0.25, -0.2) is 4.98 Å². The molecule has 4 rings (SSSR count). The fourth-order valence-corrected chi connectivity index (χ4v) is 5.26. The Balaban J connectivity index is 1.38. The second kappa shape index (κ2) is 8.88. The van der Waals surface area contributed by atoms with Crippen molar-refractivity contribution in [2.45, 2.75) is 44.6 Å². The molecule has 1 N–H and O–H groups in total. The van der Waals surface area contributed by atoms with Gasteiger partial charge in [-0.15, -0.1) is 22.7 Å². The maximum Gasteiger partial charge on any atom is 0.229 e. The molecule has 1 aromatic carbocycles. The topological polar surface area (TPSA) is 45.2 Å². The van der Waals surface area contributed by atoms with Crippen molar-refractivity contribution in [3.8, 4) is 11.3 Å². The third-order valence-electron chi connectivity index (χ3n) is 5.30. The average molecular weight is 412 g/mol. The zero-order valence-electron chi connectivity index (χ0n) is 16.1. The second-order valence-electron chi connectivity index (χ2n) is 7.30. The zero-order valence-corrected chi connectivity index (χ0v) is 17.7. The van der Waals surface area contributed by atoms with Crippen LogP contribution in [0.15, 0.2) is 47.2 Å². The van der Waals surface area contributed by atoms with E-state index in [0.29, 0.717) is 12.5 Å². The first-order valence-corrected chi connectivity index (χ1v) is 11.6. The van der Waals surface area contributed by atoms with Gasteiger partial charge in [-0.3, -0.25) is 4.79 Å². The van der Waals surface area contributed by atoms with Crippen LogP contribution in [-0.2, 0) is 11.2 Å². The molecule has 0 atom stereocenters. The molecule has 3 aromatic rings. The number of hydrogen-bond acceptors (Lipinski definition) is 5. The second-order valence-corrected chi connectivity index (χ2v) is 9.17. The lowest BCUT2D eigenvalue weighted by molar-refractivity contribution is -0.115. The van der Waals surface area contributed by atoms with E-state index in [1.807, 2.05) is 41.8 Å². The fraction of sp³-hybridized carbons (Fsp3) is 0.364. The Morgan fingerprint density at radius 2 is 1.93 bits per heavy atom. The summed E-state index contributed by atoms with van der Waals surface area (Å²) >= 11 is 3.31. The van der Waals surface area contributed by atoms with Crippen LogP contribution in [-0.4, -0.2) is 24.0 Å². The maximum absolute atomic E-state index is 12.1. The summed E-state index contributed by atoms with van der Waals surface area (Å²) in [4.78, 5) is 20.4. The van der Waals surface area contributed by atoms with Crippen LogP contribution in [0.1, 0.15) is 37.0 Å². The molecule has 1 fully saturated rings. The zero-order chi connectivity index (χ0) is 19.3. The smallest absolute Gasteiger partial charge is 0.229 e. The predicted molar refractivity (Wildman–Crippen MR) is 119 cm³/mol. The lowest BCUT2D eigenvalue weighted by Gasteiger charge is -2.30. The van der Waals surface area contributed by atoms with Gasteiger partial charge >= 0.3 is 0 Å². The van der Waals surface area contributed by atoms with Crippen LogP contribution in [0.5, 0.6) is 0 Å². The summed E-state index contributed by atoms with van der Waals surface area (Å²) in [5.41, 5.74) is 2.90. The molecule has 146 valence electrons. The number of carbonyl (C=O) groups is 1. The van der Waals surface area contributed by atoms with Crippen molar-refractivity contribution in [2.75, 3.05) is 17.3 Å². The van der Waals surface area contributed by atoms with E-state index in [4.69, 9.17) is 4.98 Å². The number of anilines is 2. The number of hydrogen-bond donors (Lipinski definition) is 1. The minimum Gasteiger partial charge on any atom is -0.348 e. The molecule has 0 radical (unpaired) electrons. The Morgan fingerprint density at radius 3 is 2.64 bits per heavy atom. The third-order valence-corrected chi connectivity index (χ3v) is 7.10. The van der Waals surface area contributed by atoms with E-state index in [9.17, 15) is 4.79 Å². The molecule has 4 nitrogen and oxygen atoms in total. The monoisotopic (exact) mass is 411 g/mol. The molecule has 1 aliphatic carbocycles. The minimum atomic E-state index is 0.0141. The number of rotatable bonds is 6. The minimum absolute atomic E-state index is 0.0141. The van der Waals surface area contributed by atoms with Crippen LogP contribution >= 0.6 is 22.7 Å². The molecule has 1 amide bonds. The van der Waals surface area contributed by atoms with Crippen LogP contribution in [0, 0.1) is 0 Å². The van der Waals surface area contributed by atoms with Crippen molar-refractivity contribution in [3.63, 3.8) is 0 Å². The number of aromatic nitrogens is 1. The largest absolute Gasteiger partial charge is 0.348 e. The van der Waals surface area contributed by atoms with E-state index in [1.54, 1.807) is 22.7 Å². The Kier molecular flexibility index (Phi) is 6.07. The molecule has 2 aromatic heterocycles. The van der Waals surface area contributed by atoms with Crippen LogP contribution in [0.4, 0.5) is 10.8 Å². The summed E-state index contributed by atoms with van der Waals surface area (Å²) in [6, 6.07) is 12.5. The standard InChI is InChI=1S/C22H25N3OS2/c1-25(18-6-3-2-4-7-18)22-24-20(15-28-22)16-9-11-17(12-10-16)23-21(26)14-19-8-5-13-27-19/h5,8-13,15,18H,2-4,6-7,14H2,1H3,(H,23,26). The van der Waals surface area contributed by atoms with Crippen molar-refractivity contribution < 1.29 is 4.79 Å². The van der Waals surface area contributed by atoms with Gasteiger partial charge in [0, 0.05) is 34.6 Å². The predicted octanol–water partition coefficient (Wildman–Crippen LogP) is 5.82. The van der Waals surface area contributed by atoms with E-state index in [1.165, 1.54) is 32.1 Å². The van der Waals surface area contributed by atoms with E-state index < -0.39 is 0 Å². The van der Waals surface area contributed by atoms with Gasteiger partial charge in [0.05, 0.1) is 12.1 Å².